The summed E-state index contributed by atoms with van der Waals surface area (Å²) in [5, 5.41) is 7.09. The van der Waals surface area contributed by atoms with Gasteiger partial charge in [-0.05, 0) is 65.3 Å². The molecule has 2 aliphatic heterocycles. The fourth-order valence-electron chi connectivity index (χ4n) is 7.26. The monoisotopic (exact) mass is 544 g/mol. The minimum absolute atomic E-state index is 0.0198. The molecule has 4 nitrogen and oxygen atoms in total. The van der Waals surface area contributed by atoms with Crippen molar-refractivity contribution >= 4 is 40.6 Å². The van der Waals surface area contributed by atoms with Crippen molar-refractivity contribution in [1.82, 2.24) is 5.32 Å². The summed E-state index contributed by atoms with van der Waals surface area (Å²) in [5.41, 5.74) is 0.534. The van der Waals surface area contributed by atoms with Gasteiger partial charge in [-0.1, -0.05) is 76.0 Å². The Hall–Kier alpha value is -1.95. The molecule has 37 heavy (non-hydrogen) atoms. The van der Waals surface area contributed by atoms with Crippen LogP contribution in [0.15, 0.2) is 36.4 Å². The second kappa shape index (κ2) is 9.07. The van der Waals surface area contributed by atoms with E-state index in [9.17, 15) is 9.59 Å². The molecule has 2 fully saturated rings. The number of rotatable bonds is 5. The molecule has 1 saturated heterocycles. The number of carbonyl (C=O) groups excluding carboxylic acids is 2. The maximum atomic E-state index is 15.8. The van der Waals surface area contributed by atoms with Crippen LogP contribution in [0.3, 0.4) is 0 Å². The van der Waals surface area contributed by atoms with Crippen molar-refractivity contribution in [2.24, 2.45) is 16.7 Å². The van der Waals surface area contributed by atoms with E-state index in [1.807, 2.05) is 6.07 Å². The Morgan fingerprint density at radius 1 is 1.14 bits per heavy atom. The van der Waals surface area contributed by atoms with Crippen molar-refractivity contribution in [1.29, 1.82) is 0 Å². The van der Waals surface area contributed by atoms with Crippen LogP contribution in [0, 0.1) is 22.6 Å². The van der Waals surface area contributed by atoms with Crippen LogP contribution >= 0.6 is 23.2 Å². The number of carbonyl (C=O) groups is 2. The van der Waals surface area contributed by atoms with E-state index >= 15 is 4.39 Å². The maximum Gasteiger partial charge on any atom is 0.237 e. The lowest BCUT2D eigenvalue weighted by atomic mass is 9.60. The van der Waals surface area contributed by atoms with Gasteiger partial charge in [0.1, 0.15) is 11.2 Å². The molecule has 3 aliphatic rings. The first-order valence-electron chi connectivity index (χ1n) is 13.1. The summed E-state index contributed by atoms with van der Waals surface area (Å²) in [6.07, 6.45) is 2.99. The van der Waals surface area contributed by atoms with Crippen LogP contribution < -0.4 is 10.6 Å². The van der Waals surface area contributed by atoms with Crippen molar-refractivity contribution in [2.45, 2.75) is 83.7 Å². The molecule has 2 heterocycles. The number of hydrogen-bond donors (Lipinski definition) is 2. The molecule has 5 rings (SSSR count). The second-order valence-corrected chi connectivity index (χ2v) is 14.0. The number of fused-ring (bicyclic) bond motifs is 2. The lowest BCUT2D eigenvalue weighted by Gasteiger charge is -2.43. The van der Waals surface area contributed by atoms with E-state index in [2.05, 4.69) is 45.3 Å². The number of Topliss-reactive ketones (excluding diaryl/α,β-unsaturated/α-hetero) is 1. The molecule has 1 spiro atoms. The van der Waals surface area contributed by atoms with Gasteiger partial charge in [0.25, 0.3) is 0 Å². The summed E-state index contributed by atoms with van der Waals surface area (Å²) in [6, 6.07) is 9.07. The van der Waals surface area contributed by atoms with Crippen molar-refractivity contribution in [3.8, 4) is 0 Å². The minimum atomic E-state index is -1.20. The highest BCUT2D eigenvalue weighted by Gasteiger charge is 2.66. The third-order valence-electron chi connectivity index (χ3n) is 8.46. The Morgan fingerprint density at radius 2 is 1.84 bits per heavy atom. The Kier molecular flexibility index (Phi) is 6.53. The van der Waals surface area contributed by atoms with Crippen LogP contribution in [-0.4, -0.2) is 23.8 Å². The average Bonchev–Trinajstić information content (AvgIpc) is 3.23. The van der Waals surface area contributed by atoms with Gasteiger partial charge in [0.2, 0.25) is 5.91 Å². The van der Waals surface area contributed by atoms with E-state index in [0.717, 1.165) is 18.4 Å². The predicted molar refractivity (Wildman–Crippen MR) is 147 cm³/mol. The van der Waals surface area contributed by atoms with Crippen LogP contribution in [0.1, 0.15) is 77.3 Å². The third kappa shape index (κ3) is 4.51. The molecule has 1 amide bonds. The fourth-order valence-corrected chi connectivity index (χ4v) is 7.62. The van der Waals surface area contributed by atoms with Crippen molar-refractivity contribution in [2.75, 3.05) is 5.32 Å². The third-order valence-corrected chi connectivity index (χ3v) is 8.98. The van der Waals surface area contributed by atoms with Gasteiger partial charge >= 0.3 is 0 Å². The molecule has 7 heteroatoms. The molecule has 2 N–H and O–H groups in total. The van der Waals surface area contributed by atoms with Crippen molar-refractivity contribution < 1.29 is 14.0 Å². The number of halogens is 3. The first-order valence-corrected chi connectivity index (χ1v) is 13.8. The quantitative estimate of drug-likeness (QED) is 0.415. The van der Waals surface area contributed by atoms with E-state index < -0.39 is 29.2 Å². The molecule has 0 unspecified atom stereocenters. The first kappa shape index (κ1) is 26.6. The Labute approximate surface area is 228 Å². The Morgan fingerprint density at radius 3 is 2.49 bits per heavy atom. The lowest BCUT2D eigenvalue weighted by Crippen LogP contribution is -2.49. The second-order valence-electron chi connectivity index (χ2n) is 13.2. The van der Waals surface area contributed by atoms with E-state index in [1.54, 1.807) is 24.3 Å². The molecule has 1 aliphatic carbocycles. The fraction of sp³-hybridized carbons (Fsp3) is 0.533. The SMILES string of the molecule is CC(C)(C)C[C@H]1N[C@@H](C(=O)CC2CC(C)(C)C2)[C@H](c2cccc(Cl)c2F)[C@@]12C(=O)Nc1cc(Cl)ccc12. The summed E-state index contributed by atoms with van der Waals surface area (Å²) < 4.78 is 15.8. The summed E-state index contributed by atoms with van der Waals surface area (Å²) in [7, 11) is 0. The topological polar surface area (TPSA) is 58.2 Å². The highest BCUT2D eigenvalue weighted by Crippen LogP contribution is 2.58. The zero-order valence-electron chi connectivity index (χ0n) is 22.1. The zero-order valence-corrected chi connectivity index (χ0v) is 23.6. The molecule has 2 aromatic rings. The average molecular weight is 546 g/mol. The van der Waals surface area contributed by atoms with Crippen LogP contribution in [0.25, 0.3) is 0 Å². The molecular formula is C30H35Cl2FN2O2. The van der Waals surface area contributed by atoms with Gasteiger partial charge in [0, 0.05) is 29.1 Å². The van der Waals surface area contributed by atoms with Crippen LogP contribution in [0.4, 0.5) is 10.1 Å². The molecule has 1 saturated carbocycles. The van der Waals surface area contributed by atoms with Gasteiger partial charge in [0.15, 0.2) is 5.78 Å². The smallest absolute Gasteiger partial charge is 0.237 e. The molecule has 198 valence electrons. The number of benzene rings is 2. The zero-order chi connectivity index (χ0) is 26.9. The molecule has 0 bridgehead atoms. The van der Waals surface area contributed by atoms with E-state index in [0.29, 0.717) is 35.0 Å². The first-order chi connectivity index (χ1) is 17.2. The molecular weight excluding hydrogens is 510 g/mol. The van der Waals surface area contributed by atoms with Crippen molar-refractivity contribution in [3.63, 3.8) is 0 Å². The van der Waals surface area contributed by atoms with Gasteiger partial charge < -0.3 is 10.6 Å². The summed E-state index contributed by atoms with van der Waals surface area (Å²) in [5.74, 6) is -1.26. The van der Waals surface area contributed by atoms with Crippen LogP contribution in [-0.2, 0) is 15.0 Å². The van der Waals surface area contributed by atoms with E-state index in [4.69, 9.17) is 23.2 Å². The van der Waals surface area contributed by atoms with Crippen LogP contribution in [0.2, 0.25) is 10.0 Å². The standard InChI is InChI=1S/C30H35Cl2FN2O2/c1-28(2,3)15-23-30(19-10-9-17(31)12-21(19)34-27(30)37)24(18-7-6-8-20(32)25(18)33)26(35-23)22(36)11-16-13-29(4,5)14-16/h6-10,12,16,23-24,26,35H,11,13-15H2,1-5H3,(H,34,37)/t23-,24+,26+,30+/m1/s1. The summed E-state index contributed by atoms with van der Waals surface area (Å²) in [4.78, 5) is 28.1. The number of hydrogen-bond acceptors (Lipinski definition) is 3. The Balaban J connectivity index is 1.69. The maximum absolute atomic E-state index is 15.8. The molecule has 0 radical (unpaired) electrons. The predicted octanol–water partition coefficient (Wildman–Crippen LogP) is 7.28. The van der Waals surface area contributed by atoms with Gasteiger partial charge in [-0.25, -0.2) is 4.39 Å². The van der Waals surface area contributed by atoms with Gasteiger partial charge in [-0.3, -0.25) is 9.59 Å². The van der Waals surface area contributed by atoms with Gasteiger partial charge in [-0.15, -0.1) is 0 Å². The number of anilines is 1. The molecule has 2 aromatic carbocycles. The molecule has 0 aromatic heterocycles. The van der Waals surface area contributed by atoms with Gasteiger partial charge in [0.05, 0.1) is 11.1 Å². The number of ketones is 1. The lowest BCUT2D eigenvalue weighted by molar-refractivity contribution is -0.124. The van der Waals surface area contributed by atoms with Crippen LogP contribution in [0.5, 0.6) is 0 Å². The molecule has 4 atom stereocenters. The summed E-state index contributed by atoms with van der Waals surface area (Å²) in [6.45, 7) is 10.8. The highest BCUT2D eigenvalue weighted by molar-refractivity contribution is 6.31. The number of amides is 1. The Bertz CT molecular complexity index is 1260. The normalized spacial score (nSPS) is 28.8. The largest absolute Gasteiger partial charge is 0.325 e. The number of nitrogens with one attached hydrogen (secondary N) is 2. The minimum Gasteiger partial charge on any atom is -0.325 e. The van der Waals surface area contributed by atoms with Gasteiger partial charge in [-0.2, -0.15) is 0 Å². The van der Waals surface area contributed by atoms with E-state index in [1.165, 1.54) is 6.07 Å². The van der Waals surface area contributed by atoms with E-state index in [-0.39, 0.29) is 27.5 Å². The summed E-state index contributed by atoms with van der Waals surface area (Å²) >= 11 is 12.6. The van der Waals surface area contributed by atoms with Crippen molar-refractivity contribution in [3.05, 3.63) is 63.4 Å². The highest BCUT2D eigenvalue weighted by atomic mass is 35.5.